The van der Waals surface area contributed by atoms with Gasteiger partial charge in [-0.2, -0.15) is 24.3 Å². The van der Waals surface area contributed by atoms with Gasteiger partial charge >= 0.3 is 19.5 Å². The van der Waals surface area contributed by atoms with E-state index in [-0.39, 0.29) is 30.9 Å². The van der Waals surface area contributed by atoms with Gasteiger partial charge < -0.3 is 4.74 Å². The third kappa shape index (κ3) is 5.52. The average molecular weight is 435 g/mol. The van der Waals surface area contributed by atoms with Crippen molar-refractivity contribution in [2.24, 2.45) is 10.4 Å². The molecule has 1 aliphatic heterocycles. The SMILES string of the molecule is Br[c-]1cccc1.CC(C)(C)C1COC([c-]2cccc2)=N1.[Ru+2]. The van der Waals surface area contributed by atoms with Gasteiger partial charge in [0.15, 0.2) is 5.90 Å². The molecule has 1 unspecified atom stereocenters. The summed E-state index contributed by atoms with van der Waals surface area (Å²) in [5.74, 6) is 0.801. The Balaban J connectivity index is 0.000000267. The van der Waals surface area contributed by atoms with Crippen LogP contribution >= 0.6 is 15.9 Å². The van der Waals surface area contributed by atoms with Gasteiger partial charge in [-0.25, -0.2) is 24.3 Å². The molecule has 4 heteroatoms. The molecule has 0 bridgehead atoms. The Morgan fingerprint density at radius 1 is 1.10 bits per heavy atom. The zero-order valence-corrected chi connectivity index (χ0v) is 15.8. The van der Waals surface area contributed by atoms with E-state index in [0.717, 1.165) is 15.9 Å². The zero-order valence-electron chi connectivity index (χ0n) is 12.5. The van der Waals surface area contributed by atoms with Crippen molar-refractivity contribution in [1.29, 1.82) is 0 Å². The molecule has 1 heterocycles. The molecular weight excluding hydrogens is 415 g/mol. The van der Waals surface area contributed by atoms with Crippen molar-refractivity contribution < 1.29 is 24.2 Å². The molecule has 3 rings (SSSR count). The van der Waals surface area contributed by atoms with Crippen molar-refractivity contribution in [2.45, 2.75) is 26.8 Å². The number of hydrogen-bond acceptors (Lipinski definition) is 2. The average Bonchev–Trinajstić information content (AvgIpc) is 3.11. The molecule has 0 amide bonds. The van der Waals surface area contributed by atoms with E-state index in [2.05, 4.69) is 41.7 Å². The Labute approximate surface area is 148 Å². The first kappa shape index (κ1) is 18.3. The van der Waals surface area contributed by atoms with Crippen LogP contribution in [0.25, 0.3) is 0 Å². The van der Waals surface area contributed by atoms with Crippen LogP contribution in [-0.4, -0.2) is 18.5 Å². The van der Waals surface area contributed by atoms with Gasteiger partial charge in [0.1, 0.15) is 6.61 Å². The standard InChI is InChI=1S/C12H16NO.C5H4Br.Ru/c1-12(2,3)10-8-14-11(13-10)9-6-4-5-7-9;6-5-3-1-2-4-5;/h4-7,10H,8H2,1-3H3;1-4H;/q2*-1;+2. The van der Waals surface area contributed by atoms with Crippen molar-refractivity contribution >= 4 is 21.8 Å². The fourth-order valence-electron chi connectivity index (χ4n) is 1.84. The maximum absolute atomic E-state index is 5.59. The zero-order chi connectivity index (χ0) is 14.6. The molecule has 0 aliphatic carbocycles. The summed E-state index contributed by atoms with van der Waals surface area (Å²) in [5.41, 5.74) is 1.28. The normalized spacial score (nSPS) is 17.1. The van der Waals surface area contributed by atoms with Gasteiger partial charge in [0.25, 0.3) is 0 Å². The predicted octanol–water partition coefficient (Wildman–Crippen LogP) is 4.76. The van der Waals surface area contributed by atoms with E-state index in [4.69, 9.17) is 4.74 Å². The summed E-state index contributed by atoms with van der Waals surface area (Å²) >= 11 is 3.28. The second kappa shape index (κ2) is 8.05. The van der Waals surface area contributed by atoms with Gasteiger partial charge in [-0.05, 0) is 5.41 Å². The molecule has 0 spiro atoms. The van der Waals surface area contributed by atoms with Crippen LogP contribution in [0, 0.1) is 5.41 Å². The molecule has 1 aliphatic rings. The van der Waals surface area contributed by atoms with Gasteiger partial charge in [0.05, 0.1) is 6.04 Å². The van der Waals surface area contributed by atoms with E-state index in [1.165, 1.54) is 0 Å². The first-order valence-corrected chi connectivity index (χ1v) is 7.56. The molecule has 0 saturated carbocycles. The molecule has 1 atom stereocenters. The van der Waals surface area contributed by atoms with Crippen LogP contribution < -0.4 is 0 Å². The van der Waals surface area contributed by atoms with E-state index >= 15 is 0 Å². The van der Waals surface area contributed by atoms with E-state index in [9.17, 15) is 0 Å². The van der Waals surface area contributed by atoms with Crippen LogP contribution in [0.2, 0.25) is 0 Å². The smallest absolute Gasteiger partial charge is 0.485 e. The third-order valence-corrected chi connectivity index (χ3v) is 3.71. The maximum Gasteiger partial charge on any atom is 2.00 e. The molecule has 0 aromatic heterocycles. The summed E-state index contributed by atoms with van der Waals surface area (Å²) < 4.78 is 6.74. The van der Waals surface area contributed by atoms with Crippen molar-refractivity contribution in [3.05, 3.63) is 58.6 Å². The summed E-state index contributed by atoms with van der Waals surface area (Å²) in [4.78, 5) is 4.60. The summed E-state index contributed by atoms with van der Waals surface area (Å²) in [7, 11) is 0. The molecule has 21 heavy (non-hydrogen) atoms. The summed E-state index contributed by atoms with van der Waals surface area (Å²) in [6, 6.07) is 16.3. The fourth-order valence-corrected chi connectivity index (χ4v) is 2.15. The third-order valence-electron chi connectivity index (χ3n) is 3.18. The second-order valence-corrected chi connectivity index (χ2v) is 6.82. The summed E-state index contributed by atoms with van der Waals surface area (Å²) in [6.45, 7) is 7.29. The number of hydrogen-bond donors (Lipinski definition) is 0. The number of aliphatic imine (C=N–C) groups is 1. The van der Waals surface area contributed by atoms with Crippen LogP contribution in [0.15, 0.2) is 58.0 Å². The Hall–Kier alpha value is -0.727. The van der Waals surface area contributed by atoms with Gasteiger partial charge in [-0.15, -0.1) is 15.9 Å². The topological polar surface area (TPSA) is 21.6 Å². The molecule has 0 fully saturated rings. The molecular formula is C17H20BrNORu. The first-order valence-electron chi connectivity index (χ1n) is 6.77. The minimum atomic E-state index is 0. The number of nitrogens with zero attached hydrogens (tertiary/aromatic N) is 1. The summed E-state index contributed by atoms with van der Waals surface area (Å²) in [6.07, 6.45) is 0. The largest absolute Gasteiger partial charge is 2.00 e. The quantitative estimate of drug-likeness (QED) is 0.468. The molecule has 2 aromatic carbocycles. The second-order valence-electron chi connectivity index (χ2n) is 5.90. The van der Waals surface area contributed by atoms with Crippen LogP contribution in [-0.2, 0) is 24.2 Å². The van der Waals surface area contributed by atoms with E-state index in [0.29, 0.717) is 6.61 Å². The van der Waals surface area contributed by atoms with Crippen molar-refractivity contribution in [3.8, 4) is 0 Å². The Bertz CT molecular complexity index is 538. The number of halogens is 1. The minimum absolute atomic E-state index is 0. The van der Waals surface area contributed by atoms with Gasteiger partial charge in [-0.1, -0.05) is 30.8 Å². The van der Waals surface area contributed by atoms with Crippen LogP contribution in [0.5, 0.6) is 0 Å². The monoisotopic (exact) mass is 435 g/mol. The van der Waals surface area contributed by atoms with Crippen molar-refractivity contribution in [1.82, 2.24) is 0 Å². The molecule has 0 N–H and O–H groups in total. The Morgan fingerprint density at radius 2 is 1.62 bits per heavy atom. The van der Waals surface area contributed by atoms with E-state index < -0.39 is 0 Å². The van der Waals surface area contributed by atoms with Crippen LogP contribution in [0.1, 0.15) is 26.3 Å². The van der Waals surface area contributed by atoms with Crippen molar-refractivity contribution in [2.75, 3.05) is 6.61 Å². The van der Waals surface area contributed by atoms with E-state index in [1.54, 1.807) is 0 Å². The Morgan fingerprint density at radius 3 is 2.00 bits per heavy atom. The maximum atomic E-state index is 5.59. The number of rotatable bonds is 1. The first-order chi connectivity index (χ1) is 9.47. The number of ether oxygens (including phenoxy) is 1. The molecule has 0 saturated heterocycles. The van der Waals surface area contributed by atoms with Crippen molar-refractivity contribution in [3.63, 3.8) is 0 Å². The van der Waals surface area contributed by atoms with E-state index in [1.807, 2.05) is 48.5 Å². The molecule has 2 aromatic rings. The Kier molecular flexibility index (Phi) is 7.02. The summed E-state index contributed by atoms with van der Waals surface area (Å²) in [5, 5.41) is 0. The van der Waals surface area contributed by atoms with Gasteiger partial charge in [-0.3, -0.25) is 4.99 Å². The fraction of sp³-hybridized carbons (Fsp3) is 0.353. The van der Waals surface area contributed by atoms with Gasteiger partial charge in [0, 0.05) is 0 Å². The minimum Gasteiger partial charge on any atom is -0.485 e. The molecule has 114 valence electrons. The predicted molar refractivity (Wildman–Crippen MR) is 87.5 cm³/mol. The van der Waals surface area contributed by atoms with Crippen LogP contribution in [0.4, 0.5) is 0 Å². The molecule has 2 nitrogen and oxygen atoms in total. The van der Waals surface area contributed by atoms with Gasteiger partial charge in [0.2, 0.25) is 0 Å². The molecule has 0 radical (unpaired) electrons. The van der Waals surface area contributed by atoms with Crippen LogP contribution in [0.3, 0.4) is 0 Å².